The minimum Gasteiger partial charge on any atom is -0.478 e. The zero-order valence-electron chi connectivity index (χ0n) is 11.4. The van der Waals surface area contributed by atoms with Crippen molar-refractivity contribution in [3.8, 4) is 0 Å². The largest absolute Gasteiger partial charge is 0.478 e. The molecule has 0 aliphatic carbocycles. The van der Waals surface area contributed by atoms with E-state index in [0.717, 1.165) is 12.5 Å². The molecule has 0 bridgehead atoms. The maximum absolute atomic E-state index is 13.6. The highest BCUT2D eigenvalue weighted by Gasteiger charge is 2.23. The van der Waals surface area contributed by atoms with Crippen molar-refractivity contribution in [1.82, 2.24) is 0 Å². The number of benzene rings is 1. The average Bonchev–Trinajstić information content (AvgIpc) is 2.39. The van der Waals surface area contributed by atoms with Gasteiger partial charge < -0.3 is 5.11 Å². The number of rotatable bonds is 5. The molecule has 2 atom stereocenters. The summed E-state index contributed by atoms with van der Waals surface area (Å²) in [5, 5.41) is 8.53. The molecule has 0 heterocycles. The molecule has 0 saturated carbocycles. The van der Waals surface area contributed by atoms with Crippen molar-refractivity contribution in [2.24, 2.45) is 11.8 Å². The number of carbonyl (C=O) groups excluding carboxylic acids is 1. The molecule has 0 aliphatic rings. The SMILES string of the molecule is CCC(C)C(C)C(=O)Sc1cc(C(=O)O)c(F)cc1F. The third-order valence-electron chi connectivity index (χ3n) is 3.33. The maximum atomic E-state index is 13.6. The molecule has 110 valence electrons. The lowest BCUT2D eigenvalue weighted by Gasteiger charge is -2.16. The van der Waals surface area contributed by atoms with Gasteiger partial charge in [0.2, 0.25) is 0 Å². The number of aromatic carboxylic acids is 1. The van der Waals surface area contributed by atoms with Gasteiger partial charge in [-0.3, -0.25) is 4.79 Å². The number of thioether (sulfide) groups is 1. The molecular weight excluding hydrogens is 286 g/mol. The van der Waals surface area contributed by atoms with Crippen LogP contribution in [0.5, 0.6) is 0 Å². The Balaban J connectivity index is 3.01. The van der Waals surface area contributed by atoms with Gasteiger partial charge in [0.25, 0.3) is 0 Å². The Kier molecular flexibility index (Phi) is 5.68. The molecule has 1 rings (SSSR count). The van der Waals surface area contributed by atoms with Crippen LogP contribution in [0.2, 0.25) is 0 Å². The van der Waals surface area contributed by atoms with E-state index in [-0.39, 0.29) is 21.8 Å². The first-order valence-electron chi connectivity index (χ1n) is 6.21. The maximum Gasteiger partial charge on any atom is 0.338 e. The van der Waals surface area contributed by atoms with Crippen molar-refractivity contribution in [2.75, 3.05) is 0 Å². The van der Waals surface area contributed by atoms with E-state index in [9.17, 15) is 18.4 Å². The van der Waals surface area contributed by atoms with Gasteiger partial charge in [-0.05, 0) is 23.7 Å². The Labute approximate surface area is 120 Å². The summed E-state index contributed by atoms with van der Waals surface area (Å²) in [6.45, 7) is 5.59. The van der Waals surface area contributed by atoms with Crippen molar-refractivity contribution in [3.05, 3.63) is 29.3 Å². The van der Waals surface area contributed by atoms with Crippen LogP contribution < -0.4 is 0 Å². The van der Waals surface area contributed by atoms with E-state index in [0.29, 0.717) is 17.8 Å². The van der Waals surface area contributed by atoms with Crippen LogP contribution in [-0.4, -0.2) is 16.2 Å². The fourth-order valence-electron chi connectivity index (χ4n) is 1.56. The Morgan fingerprint density at radius 1 is 1.25 bits per heavy atom. The summed E-state index contributed by atoms with van der Waals surface area (Å²) >= 11 is 0.618. The van der Waals surface area contributed by atoms with E-state index in [2.05, 4.69) is 0 Å². The Morgan fingerprint density at radius 3 is 2.35 bits per heavy atom. The van der Waals surface area contributed by atoms with Crippen molar-refractivity contribution >= 4 is 22.8 Å². The number of carboxylic acids is 1. The van der Waals surface area contributed by atoms with E-state index in [1.807, 2.05) is 13.8 Å². The lowest BCUT2D eigenvalue weighted by molar-refractivity contribution is -0.115. The molecule has 0 fully saturated rings. The fraction of sp³-hybridized carbons (Fsp3) is 0.429. The van der Waals surface area contributed by atoms with Crippen LogP contribution in [-0.2, 0) is 4.79 Å². The van der Waals surface area contributed by atoms with Gasteiger partial charge in [0.05, 0.1) is 10.5 Å². The van der Waals surface area contributed by atoms with Gasteiger partial charge in [0.1, 0.15) is 11.6 Å². The van der Waals surface area contributed by atoms with Gasteiger partial charge in [0.15, 0.2) is 5.12 Å². The van der Waals surface area contributed by atoms with Crippen LogP contribution in [0.25, 0.3) is 0 Å². The normalized spacial score (nSPS) is 13.8. The van der Waals surface area contributed by atoms with Gasteiger partial charge in [-0.2, -0.15) is 0 Å². The van der Waals surface area contributed by atoms with Crippen LogP contribution in [0.15, 0.2) is 17.0 Å². The van der Waals surface area contributed by atoms with Gasteiger partial charge in [-0.15, -0.1) is 0 Å². The van der Waals surface area contributed by atoms with Gasteiger partial charge >= 0.3 is 5.97 Å². The molecule has 1 aromatic carbocycles. The molecule has 3 nitrogen and oxygen atoms in total. The molecule has 2 unspecified atom stereocenters. The van der Waals surface area contributed by atoms with Crippen molar-refractivity contribution in [1.29, 1.82) is 0 Å². The predicted octanol–water partition coefficient (Wildman–Crippen LogP) is 3.96. The lowest BCUT2D eigenvalue weighted by atomic mass is 9.95. The summed E-state index contributed by atoms with van der Waals surface area (Å²) in [5.41, 5.74) is -0.641. The summed E-state index contributed by atoms with van der Waals surface area (Å²) in [4.78, 5) is 22.6. The fourth-order valence-corrected chi connectivity index (χ4v) is 2.53. The highest BCUT2D eigenvalue weighted by atomic mass is 32.2. The first-order valence-corrected chi connectivity index (χ1v) is 7.03. The topological polar surface area (TPSA) is 54.4 Å². The first kappa shape index (κ1) is 16.6. The Morgan fingerprint density at radius 2 is 1.85 bits per heavy atom. The van der Waals surface area contributed by atoms with E-state index in [1.54, 1.807) is 6.92 Å². The summed E-state index contributed by atoms with van der Waals surface area (Å²) < 4.78 is 26.8. The zero-order valence-corrected chi connectivity index (χ0v) is 12.3. The van der Waals surface area contributed by atoms with Gasteiger partial charge in [-0.1, -0.05) is 27.2 Å². The number of hydrogen-bond donors (Lipinski definition) is 1. The summed E-state index contributed by atoms with van der Waals surface area (Å²) in [5.74, 6) is -3.73. The quantitative estimate of drug-likeness (QED) is 0.836. The van der Waals surface area contributed by atoms with Gasteiger partial charge in [0, 0.05) is 12.0 Å². The molecule has 0 saturated heterocycles. The first-order chi connectivity index (χ1) is 9.27. The van der Waals surface area contributed by atoms with Crippen molar-refractivity contribution < 1.29 is 23.5 Å². The van der Waals surface area contributed by atoms with Crippen molar-refractivity contribution in [3.63, 3.8) is 0 Å². The molecular formula is C14H16F2O3S. The summed E-state index contributed by atoms with van der Waals surface area (Å²) in [6, 6.07) is 1.35. The minimum atomic E-state index is -1.49. The molecule has 0 aromatic heterocycles. The smallest absolute Gasteiger partial charge is 0.338 e. The second kappa shape index (κ2) is 6.83. The molecule has 0 spiro atoms. The molecule has 1 aromatic rings. The number of halogens is 2. The number of hydrogen-bond acceptors (Lipinski definition) is 3. The van der Waals surface area contributed by atoms with Crippen LogP contribution in [0.1, 0.15) is 37.6 Å². The molecule has 0 aliphatic heterocycles. The average molecular weight is 302 g/mol. The highest BCUT2D eigenvalue weighted by Crippen LogP contribution is 2.30. The van der Waals surface area contributed by atoms with Crippen LogP contribution in [0.3, 0.4) is 0 Å². The van der Waals surface area contributed by atoms with E-state index in [4.69, 9.17) is 5.11 Å². The molecule has 0 amide bonds. The second-order valence-electron chi connectivity index (χ2n) is 4.66. The van der Waals surface area contributed by atoms with E-state index < -0.39 is 23.2 Å². The predicted molar refractivity (Wildman–Crippen MR) is 72.8 cm³/mol. The summed E-state index contributed by atoms with van der Waals surface area (Å²) in [7, 11) is 0. The third-order valence-corrected chi connectivity index (χ3v) is 4.44. The summed E-state index contributed by atoms with van der Waals surface area (Å²) in [6.07, 6.45) is 0.805. The lowest BCUT2D eigenvalue weighted by Crippen LogP contribution is -2.15. The standard InChI is InChI=1S/C14H16F2O3S/c1-4-7(2)8(3)14(19)20-12-5-9(13(17)18)10(15)6-11(12)16/h5-8H,4H2,1-3H3,(H,17,18). The minimum absolute atomic E-state index is 0.137. The molecule has 6 heteroatoms. The highest BCUT2D eigenvalue weighted by molar-refractivity contribution is 8.13. The van der Waals surface area contributed by atoms with Gasteiger partial charge in [-0.25, -0.2) is 13.6 Å². The van der Waals surface area contributed by atoms with Crippen LogP contribution >= 0.6 is 11.8 Å². The Bertz CT molecular complexity index is 531. The van der Waals surface area contributed by atoms with Crippen LogP contribution in [0.4, 0.5) is 8.78 Å². The second-order valence-corrected chi connectivity index (χ2v) is 5.71. The van der Waals surface area contributed by atoms with E-state index in [1.165, 1.54) is 0 Å². The number of carboxylic acid groups (broad SMARTS) is 1. The third kappa shape index (κ3) is 3.79. The van der Waals surface area contributed by atoms with Crippen molar-refractivity contribution in [2.45, 2.75) is 32.1 Å². The molecule has 0 radical (unpaired) electrons. The van der Waals surface area contributed by atoms with Crippen LogP contribution in [0, 0.1) is 23.5 Å². The molecule has 20 heavy (non-hydrogen) atoms. The Hall–Kier alpha value is -1.43. The van der Waals surface area contributed by atoms with E-state index >= 15 is 0 Å². The number of carbonyl (C=O) groups is 2. The molecule has 1 N–H and O–H groups in total. The zero-order chi connectivity index (χ0) is 15.4. The monoisotopic (exact) mass is 302 g/mol.